The van der Waals surface area contributed by atoms with Crippen LogP contribution in [0.4, 0.5) is 0 Å². The minimum atomic E-state index is -3.92. The summed E-state index contributed by atoms with van der Waals surface area (Å²) < 4.78 is -3.92. The van der Waals surface area contributed by atoms with Gasteiger partial charge in [-0.25, -0.2) is 0 Å². The molecule has 0 aliphatic carbocycles. The first-order chi connectivity index (χ1) is 2.45. The topological polar surface area (TPSA) is 0 Å². The summed E-state index contributed by atoms with van der Waals surface area (Å²) in [4.78, 5) is 0. The Morgan fingerprint density at radius 3 is 0.857 bits per heavy atom. The van der Waals surface area contributed by atoms with E-state index in [2.05, 4.69) is 53.5 Å². The number of hydrogen-bond acceptors (Lipinski definition) is 3. The van der Waals surface area contributed by atoms with Crippen LogP contribution < -0.4 is 0 Å². The first-order valence-corrected chi connectivity index (χ1v) is 11.2. The van der Waals surface area contributed by atoms with Gasteiger partial charge in [-0.3, -0.25) is 0 Å². The Hall–Kier alpha value is 2.47. The molecule has 0 amide bonds. The normalized spacial score (nSPS) is 11.6. The Bertz CT molecular complexity index is 905. The molecule has 7 heavy (non-hydrogen) atoms. The monoisotopic (exact) mass is 245 g/mol. The van der Waals surface area contributed by atoms with Gasteiger partial charge < -0.3 is 0 Å². The van der Waals surface area contributed by atoms with E-state index < -0.39 is 2.46 Å². The SMILES string of the molecule is [P]#[Fe](#[P])(#[P])(=[S])(=[S])=[S]. The van der Waals surface area contributed by atoms with Gasteiger partial charge in [0.1, 0.15) is 0 Å². The van der Waals surface area contributed by atoms with E-state index in [-0.39, 0.29) is 0 Å². The number of rotatable bonds is 0. The second-order valence-corrected chi connectivity index (χ2v) is 36.0. The van der Waals surface area contributed by atoms with Gasteiger partial charge in [0.2, 0.25) is 0 Å². The second kappa shape index (κ2) is 1.55. The standard InChI is InChI=1S/Fe.3P.3S. The van der Waals surface area contributed by atoms with Gasteiger partial charge in [-0.2, -0.15) is 0 Å². The van der Waals surface area contributed by atoms with Crippen molar-refractivity contribution in [2.24, 2.45) is 0 Å². The minimum absolute atomic E-state index is 3.75. The Morgan fingerprint density at radius 1 is 0.857 bits per heavy atom. The van der Waals surface area contributed by atoms with Gasteiger partial charge in [0, 0.05) is 0 Å². The second-order valence-electron chi connectivity index (χ2n) is 0.970. The van der Waals surface area contributed by atoms with E-state index in [0.29, 0.717) is 0 Å². The van der Waals surface area contributed by atoms with Gasteiger partial charge in [-0.1, -0.05) is 0 Å². The predicted octanol–water partition coefficient (Wildman–Crippen LogP) is 4.53. The van der Waals surface area contributed by atoms with Gasteiger partial charge in [0.05, 0.1) is 0 Å². The molecular weight excluding hydrogens is 245 g/mol. The van der Waals surface area contributed by atoms with Crippen molar-refractivity contribution in [1.82, 2.24) is 0 Å². The fourth-order valence-corrected chi connectivity index (χ4v) is 0. The van der Waals surface area contributed by atoms with Gasteiger partial charge in [-0.05, 0) is 0 Å². The molecule has 0 radical (unpaired) electrons. The Kier molecular flexibility index (Phi) is 2.09. The number of hydrogen-bond donors (Lipinski definition) is 0. The van der Waals surface area contributed by atoms with E-state index in [0.717, 1.165) is 0 Å². The molecule has 0 fully saturated rings. The third kappa shape index (κ3) is 58.1. The summed E-state index contributed by atoms with van der Waals surface area (Å²) in [5, 5.41) is 0. The van der Waals surface area contributed by atoms with Crippen molar-refractivity contribution >= 4 is 53.5 Å². The fourth-order valence-electron chi connectivity index (χ4n) is 0. The van der Waals surface area contributed by atoms with Crippen LogP contribution in [-0.4, -0.2) is 0 Å². The van der Waals surface area contributed by atoms with Gasteiger partial charge in [0.25, 0.3) is 0 Å². The van der Waals surface area contributed by atoms with Gasteiger partial charge >= 0.3 is 55.9 Å². The van der Waals surface area contributed by atoms with Crippen LogP contribution in [0.2, 0.25) is 0 Å². The van der Waals surface area contributed by atoms with E-state index >= 15 is 0 Å². The predicted molar refractivity (Wildman–Crippen MR) is 43.5 cm³/mol. The average molecular weight is 245 g/mol. The molecule has 0 atom stereocenters. The maximum atomic E-state index is 4.61. The molecule has 0 saturated carbocycles. The summed E-state index contributed by atoms with van der Waals surface area (Å²) in [7, 11) is 25.1. The summed E-state index contributed by atoms with van der Waals surface area (Å²) in [6.45, 7) is 0. The maximum absolute atomic E-state index is 4.61. The third-order valence-corrected chi connectivity index (χ3v) is 0. The van der Waals surface area contributed by atoms with Crippen LogP contribution in [0, 0.1) is 0 Å². The van der Waals surface area contributed by atoms with Crippen molar-refractivity contribution in [3.05, 3.63) is 0 Å². The van der Waals surface area contributed by atoms with Crippen molar-refractivity contribution < 1.29 is 2.46 Å². The quantitative estimate of drug-likeness (QED) is 0.454. The molecule has 41 valence electrons. The molecule has 0 aromatic heterocycles. The van der Waals surface area contributed by atoms with Gasteiger partial charge in [0.15, 0.2) is 0 Å². The van der Waals surface area contributed by atoms with E-state index in [1.807, 2.05) is 0 Å². The molecule has 0 aromatic rings. The van der Waals surface area contributed by atoms with E-state index in [1.54, 1.807) is 0 Å². The van der Waals surface area contributed by atoms with Crippen molar-refractivity contribution in [1.29, 1.82) is 0 Å². The molecule has 0 aliphatic heterocycles. The molecule has 0 spiro atoms. The molecular formula is FeP3S3. The molecule has 0 saturated heterocycles. The van der Waals surface area contributed by atoms with Crippen molar-refractivity contribution in [3.63, 3.8) is 0 Å². The van der Waals surface area contributed by atoms with Crippen LogP contribution in [0.3, 0.4) is 0 Å². The molecule has 0 N–H and O–H groups in total. The summed E-state index contributed by atoms with van der Waals surface area (Å²) in [6.07, 6.45) is 0. The van der Waals surface area contributed by atoms with Crippen molar-refractivity contribution in [2.75, 3.05) is 0 Å². The van der Waals surface area contributed by atoms with E-state index in [1.165, 1.54) is 0 Å². The van der Waals surface area contributed by atoms with Crippen LogP contribution in [0.1, 0.15) is 0 Å². The van der Waals surface area contributed by atoms with Crippen LogP contribution in [-0.2, 0) is 2.46 Å². The Morgan fingerprint density at radius 2 is 0.857 bits per heavy atom. The van der Waals surface area contributed by atoms with E-state index in [4.69, 9.17) is 0 Å². The van der Waals surface area contributed by atoms with Crippen LogP contribution >= 0.6 is 53.5 Å². The summed E-state index contributed by atoms with van der Waals surface area (Å²) in [5.74, 6) is 0. The zero-order valence-corrected chi connectivity index (χ0v) is 9.16. The summed E-state index contributed by atoms with van der Waals surface area (Å²) >= 11 is 0. The molecule has 0 nitrogen and oxygen atoms in total. The molecule has 0 rings (SSSR count). The Labute approximate surface area is 55.5 Å². The molecule has 0 heterocycles. The molecule has 0 aromatic carbocycles. The summed E-state index contributed by atoms with van der Waals surface area (Å²) in [5.41, 5.74) is 0. The van der Waals surface area contributed by atoms with Crippen LogP contribution in [0.25, 0.3) is 0 Å². The van der Waals surface area contributed by atoms with Crippen LogP contribution in [0.5, 0.6) is 0 Å². The first kappa shape index (κ1) is 9.47. The third-order valence-electron chi connectivity index (χ3n) is 0. The molecule has 0 aliphatic rings. The first-order valence-electron chi connectivity index (χ1n) is 0.907. The average Bonchev–Trinajstić information content (AvgIpc) is 0.592. The molecule has 0 bridgehead atoms. The van der Waals surface area contributed by atoms with Crippen molar-refractivity contribution in [3.8, 4) is 0 Å². The fraction of sp³-hybridized carbons (Fsp3) is 0. The van der Waals surface area contributed by atoms with Crippen LogP contribution in [0.15, 0.2) is 0 Å². The zero-order valence-electron chi connectivity index (χ0n) is 2.92. The van der Waals surface area contributed by atoms with E-state index in [9.17, 15) is 0 Å². The van der Waals surface area contributed by atoms with Gasteiger partial charge in [-0.15, -0.1) is 0 Å². The molecule has 7 heteroatoms. The molecule has 0 unspecified atom stereocenters. The van der Waals surface area contributed by atoms with Crippen molar-refractivity contribution in [2.45, 2.75) is 0 Å². The Balaban J connectivity index is 10.7. The summed E-state index contributed by atoms with van der Waals surface area (Å²) in [6, 6.07) is 0. The zero-order chi connectivity index (χ0) is 6.41.